The van der Waals surface area contributed by atoms with Crippen molar-refractivity contribution in [1.29, 1.82) is 0 Å². The highest BCUT2D eigenvalue weighted by atomic mass is 32.2. The zero-order valence-electron chi connectivity index (χ0n) is 9.34. The van der Waals surface area contributed by atoms with Crippen molar-refractivity contribution in [2.75, 3.05) is 7.11 Å². The van der Waals surface area contributed by atoms with E-state index in [2.05, 4.69) is 9.97 Å². The van der Waals surface area contributed by atoms with Crippen molar-refractivity contribution >= 4 is 11.8 Å². The van der Waals surface area contributed by atoms with Crippen LogP contribution in [0.5, 0.6) is 5.75 Å². The molecular weight excluding hydrogens is 236 g/mol. The van der Waals surface area contributed by atoms with Crippen LogP contribution in [-0.2, 0) is 5.75 Å². The summed E-state index contributed by atoms with van der Waals surface area (Å²) in [5.74, 6) is 1.57. The number of ether oxygens (including phenoxy) is 1. The Morgan fingerprint density at radius 1 is 1.41 bits per heavy atom. The van der Waals surface area contributed by atoms with Gasteiger partial charge < -0.3 is 9.72 Å². The molecule has 0 unspecified atom stereocenters. The van der Waals surface area contributed by atoms with E-state index in [4.69, 9.17) is 4.74 Å². The quantitative estimate of drug-likeness (QED) is 0.664. The first-order valence-electron chi connectivity index (χ1n) is 5.09. The Bertz CT molecular complexity index is 554. The molecule has 5 heteroatoms. The van der Waals surface area contributed by atoms with E-state index >= 15 is 0 Å². The maximum Gasteiger partial charge on any atom is 0.251 e. The molecule has 0 aliphatic rings. The molecule has 1 aromatic carbocycles. The van der Waals surface area contributed by atoms with Crippen molar-refractivity contribution in [3.63, 3.8) is 0 Å². The Kier molecular flexibility index (Phi) is 3.82. The van der Waals surface area contributed by atoms with Crippen molar-refractivity contribution in [3.05, 3.63) is 52.4 Å². The van der Waals surface area contributed by atoms with E-state index in [9.17, 15) is 4.79 Å². The Labute approximate surface area is 103 Å². The first kappa shape index (κ1) is 11.7. The molecule has 1 N–H and O–H groups in total. The van der Waals surface area contributed by atoms with Gasteiger partial charge in [-0.05, 0) is 17.7 Å². The molecule has 0 saturated heterocycles. The van der Waals surface area contributed by atoms with Crippen LogP contribution in [0.15, 0.2) is 46.5 Å². The van der Waals surface area contributed by atoms with E-state index in [1.54, 1.807) is 7.11 Å². The van der Waals surface area contributed by atoms with E-state index in [-0.39, 0.29) is 5.56 Å². The molecule has 0 saturated carbocycles. The van der Waals surface area contributed by atoms with Crippen LogP contribution in [0.25, 0.3) is 0 Å². The van der Waals surface area contributed by atoms with Crippen LogP contribution in [0.2, 0.25) is 0 Å². The lowest BCUT2D eigenvalue weighted by Crippen LogP contribution is -2.05. The summed E-state index contributed by atoms with van der Waals surface area (Å²) in [6.07, 6.45) is 1.51. The van der Waals surface area contributed by atoms with E-state index in [0.29, 0.717) is 5.16 Å². The van der Waals surface area contributed by atoms with Gasteiger partial charge in [-0.25, -0.2) is 4.98 Å². The Morgan fingerprint density at radius 2 is 2.29 bits per heavy atom. The third kappa shape index (κ3) is 3.35. The molecule has 0 spiro atoms. The molecule has 2 rings (SSSR count). The largest absolute Gasteiger partial charge is 0.497 e. The third-order valence-corrected chi connectivity index (χ3v) is 3.12. The van der Waals surface area contributed by atoms with Gasteiger partial charge in [0.05, 0.1) is 7.11 Å². The van der Waals surface area contributed by atoms with Gasteiger partial charge in [-0.3, -0.25) is 4.79 Å². The molecule has 0 amide bonds. The van der Waals surface area contributed by atoms with Gasteiger partial charge in [0.1, 0.15) is 5.75 Å². The number of benzene rings is 1. The lowest BCUT2D eigenvalue weighted by molar-refractivity contribution is 0.414. The molecule has 0 aliphatic carbocycles. The number of aromatic amines is 1. The number of nitrogens with one attached hydrogen (secondary N) is 1. The molecule has 88 valence electrons. The van der Waals surface area contributed by atoms with Crippen molar-refractivity contribution in [2.45, 2.75) is 10.9 Å². The van der Waals surface area contributed by atoms with E-state index in [1.165, 1.54) is 24.0 Å². The molecule has 1 heterocycles. The van der Waals surface area contributed by atoms with E-state index in [1.807, 2.05) is 24.3 Å². The number of thioether (sulfide) groups is 1. The minimum Gasteiger partial charge on any atom is -0.497 e. The van der Waals surface area contributed by atoms with Crippen LogP contribution in [0, 0.1) is 0 Å². The molecule has 0 aliphatic heterocycles. The van der Waals surface area contributed by atoms with Crippen molar-refractivity contribution in [1.82, 2.24) is 9.97 Å². The van der Waals surface area contributed by atoms with Gasteiger partial charge in [0.25, 0.3) is 5.56 Å². The second-order valence-electron chi connectivity index (χ2n) is 3.38. The predicted octanol–water partition coefficient (Wildman–Crippen LogP) is 2.07. The summed E-state index contributed by atoms with van der Waals surface area (Å²) in [4.78, 5) is 17.8. The summed E-state index contributed by atoms with van der Waals surface area (Å²) in [6.45, 7) is 0. The molecule has 4 nitrogen and oxygen atoms in total. The zero-order valence-corrected chi connectivity index (χ0v) is 10.2. The Morgan fingerprint density at radius 3 is 3.06 bits per heavy atom. The topological polar surface area (TPSA) is 55.0 Å². The normalized spacial score (nSPS) is 10.2. The van der Waals surface area contributed by atoms with Gasteiger partial charge in [0.15, 0.2) is 5.16 Å². The van der Waals surface area contributed by atoms with E-state index < -0.39 is 0 Å². The highest BCUT2D eigenvalue weighted by Gasteiger charge is 1.99. The summed E-state index contributed by atoms with van der Waals surface area (Å²) in [7, 11) is 1.64. The van der Waals surface area contributed by atoms with Gasteiger partial charge in [-0.15, -0.1) is 0 Å². The Balaban J connectivity index is 2.04. The smallest absolute Gasteiger partial charge is 0.251 e. The van der Waals surface area contributed by atoms with Crippen LogP contribution < -0.4 is 10.3 Å². The van der Waals surface area contributed by atoms with Gasteiger partial charge in [0, 0.05) is 18.0 Å². The minimum atomic E-state index is -0.131. The van der Waals surface area contributed by atoms with Crippen LogP contribution in [-0.4, -0.2) is 17.1 Å². The van der Waals surface area contributed by atoms with E-state index in [0.717, 1.165) is 17.1 Å². The highest BCUT2D eigenvalue weighted by molar-refractivity contribution is 7.98. The summed E-state index contributed by atoms with van der Waals surface area (Å²) >= 11 is 1.48. The highest BCUT2D eigenvalue weighted by Crippen LogP contribution is 2.20. The fourth-order valence-electron chi connectivity index (χ4n) is 1.34. The van der Waals surface area contributed by atoms with Crippen molar-refractivity contribution < 1.29 is 4.74 Å². The predicted molar refractivity (Wildman–Crippen MR) is 67.4 cm³/mol. The molecule has 17 heavy (non-hydrogen) atoms. The first-order valence-corrected chi connectivity index (χ1v) is 6.07. The van der Waals surface area contributed by atoms with Crippen LogP contribution in [0.1, 0.15) is 5.56 Å². The zero-order chi connectivity index (χ0) is 12.1. The molecule has 2 aromatic rings. The number of aromatic nitrogens is 2. The van der Waals surface area contributed by atoms with Crippen molar-refractivity contribution in [3.8, 4) is 5.75 Å². The van der Waals surface area contributed by atoms with Crippen molar-refractivity contribution in [2.24, 2.45) is 0 Å². The fourth-order valence-corrected chi connectivity index (χ4v) is 2.13. The number of hydrogen-bond donors (Lipinski definition) is 1. The summed E-state index contributed by atoms with van der Waals surface area (Å²) in [5.41, 5.74) is 0.994. The van der Waals surface area contributed by atoms with Crippen LogP contribution in [0.3, 0.4) is 0 Å². The second-order valence-corrected chi connectivity index (χ2v) is 4.34. The van der Waals surface area contributed by atoms with Gasteiger partial charge in [0.2, 0.25) is 0 Å². The average molecular weight is 248 g/mol. The summed E-state index contributed by atoms with van der Waals surface area (Å²) in [6, 6.07) is 9.22. The van der Waals surface area contributed by atoms with Gasteiger partial charge >= 0.3 is 0 Å². The third-order valence-electron chi connectivity index (χ3n) is 2.16. The molecule has 0 bridgehead atoms. The molecular formula is C12H12N2O2S. The number of rotatable bonds is 4. The maximum atomic E-state index is 11.1. The fraction of sp³-hybridized carbons (Fsp3) is 0.167. The maximum absolute atomic E-state index is 11.1. The van der Waals surface area contributed by atoms with Gasteiger partial charge in [-0.1, -0.05) is 23.9 Å². The second kappa shape index (κ2) is 5.54. The average Bonchev–Trinajstić information content (AvgIpc) is 2.37. The lowest BCUT2D eigenvalue weighted by atomic mass is 10.2. The summed E-state index contributed by atoms with van der Waals surface area (Å²) < 4.78 is 5.14. The SMILES string of the molecule is COc1cccc(CSc2nccc(=O)[nH]2)c1. The number of methoxy groups -OCH3 is 1. The summed E-state index contributed by atoms with van der Waals surface area (Å²) in [5, 5.41) is 0.625. The number of H-pyrrole nitrogens is 1. The molecule has 1 aromatic heterocycles. The Hall–Kier alpha value is -1.75. The van der Waals surface area contributed by atoms with Gasteiger partial charge in [-0.2, -0.15) is 0 Å². The molecule has 0 atom stereocenters. The molecule has 0 radical (unpaired) electrons. The monoisotopic (exact) mass is 248 g/mol. The lowest BCUT2D eigenvalue weighted by Gasteiger charge is -2.03. The minimum absolute atomic E-state index is 0.131. The number of nitrogens with zero attached hydrogens (tertiary/aromatic N) is 1. The number of hydrogen-bond acceptors (Lipinski definition) is 4. The standard InChI is InChI=1S/C12H12N2O2S/c1-16-10-4-2-3-9(7-10)8-17-12-13-6-5-11(15)14-12/h2-7H,8H2,1H3,(H,13,14,15). The molecule has 0 fully saturated rings. The van der Waals surface area contributed by atoms with Crippen LogP contribution >= 0.6 is 11.8 Å². The first-order chi connectivity index (χ1) is 8.28. The van der Waals surface area contributed by atoms with Crippen LogP contribution in [0.4, 0.5) is 0 Å².